The summed E-state index contributed by atoms with van der Waals surface area (Å²) < 4.78 is 21.5. The number of aromatic nitrogens is 2. The van der Waals surface area contributed by atoms with Crippen LogP contribution in [0.15, 0.2) is 79.0 Å². The van der Waals surface area contributed by atoms with E-state index in [0.717, 1.165) is 39.8 Å². The summed E-state index contributed by atoms with van der Waals surface area (Å²) in [5.74, 6) is 0.519. The van der Waals surface area contributed by atoms with E-state index in [2.05, 4.69) is 32.8 Å². The van der Waals surface area contributed by atoms with Crippen LogP contribution in [0.3, 0.4) is 0 Å². The number of hydrogen-bond donors (Lipinski definition) is 1. The maximum absolute atomic E-state index is 14.0. The predicted octanol–water partition coefficient (Wildman–Crippen LogP) is 5.81. The molecule has 2 aromatic carbocycles. The highest BCUT2D eigenvalue weighted by molar-refractivity contribution is 7.80. The molecule has 1 fully saturated rings. The second kappa shape index (κ2) is 8.91. The number of nitrogens with one attached hydrogen (secondary N) is 1. The lowest BCUT2D eigenvalue weighted by Crippen LogP contribution is -2.29. The number of rotatable bonds is 5. The largest absolute Gasteiger partial charge is 0.497 e. The monoisotopic (exact) mass is 472 g/mol. The summed E-state index contributed by atoms with van der Waals surface area (Å²) in [6, 6.07) is 22.3. The van der Waals surface area contributed by atoms with Gasteiger partial charge in [0.2, 0.25) is 0 Å². The van der Waals surface area contributed by atoms with Crippen molar-refractivity contribution in [2.24, 2.45) is 0 Å². The maximum Gasteiger partial charge on any atom is 0.174 e. The molecule has 0 radical (unpaired) electrons. The third-order valence-electron chi connectivity index (χ3n) is 6.30. The Bertz CT molecular complexity index is 1340. The first-order chi connectivity index (χ1) is 16.5. The van der Waals surface area contributed by atoms with Crippen molar-refractivity contribution in [2.75, 3.05) is 12.0 Å². The molecule has 1 aliphatic rings. The molecule has 0 aliphatic carbocycles. The van der Waals surface area contributed by atoms with Gasteiger partial charge in [-0.25, -0.2) is 4.39 Å². The fourth-order valence-electron chi connectivity index (χ4n) is 4.79. The highest BCUT2D eigenvalue weighted by Gasteiger charge is 2.42. The SMILES string of the molecule is COc1ccc(N2C(=S)NC(c3ccccn3)C2c2cc(C)n(-c3cccc(F)c3)c2C)cc1. The Kier molecular flexibility index (Phi) is 5.79. The molecule has 1 aliphatic heterocycles. The lowest BCUT2D eigenvalue weighted by molar-refractivity contribution is 0.415. The second-order valence-electron chi connectivity index (χ2n) is 8.34. The number of pyridine rings is 1. The molecule has 0 saturated carbocycles. The maximum atomic E-state index is 14.0. The van der Waals surface area contributed by atoms with Crippen LogP contribution in [0, 0.1) is 19.7 Å². The van der Waals surface area contributed by atoms with E-state index >= 15 is 0 Å². The van der Waals surface area contributed by atoms with Gasteiger partial charge < -0.3 is 19.5 Å². The minimum absolute atomic E-state index is 0.149. The highest BCUT2D eigenvalue weighted by Crippen LogP contribution is 2.44. The van der Waals surface area contributed by atoms with Crippen LogP contribution >= 0.6 is 12.2 Å². The smallest absolute Gasteiger partial charge is 0.174 e. The Hall–Kier alpha value is -3.71. The molecule has 1 N–H and O–H groups in total. The average Bonchev–Trinajstić information content (AvgIpc) is 3.34. The van der Waals surface area contributed by atoms with Gasteiger partial charge in [-0.05, 0) is 92.3 Å². The molecule has 3 heterocycles. The van der Waals surface area contributed by atoms with E-state index < -0.39 is 0 Å². The average molecular weight is 473 g/mol. The summed E-state index contributed by atoms with van der Waals surface area (Å²) in [4.78, 5) is 6.76. The van der Waals surface area contributed by atoms with E-state index in [1.165, 1.54) is 6.07 Å². The normalized spacial score (nSPS) is 17.6. The third-order valence-corrected chi connectivity index (χ3v) is 6.62. The molecular weight excluding hydrogens is 447 g/mol. The minimum Gasteiger partial charge on any atom is -0.497 e. The van der Waals surface area contributed by atoms with Gasteiger partial charge in [-0.3, -0.25) is 4.98 Å². The van der Waals surface area contributed by atoms with Gasteiger partial charge in [0.1, 0.15) is 11.6 Å². The summed E-state index contributed by atoms with van der Waals surface area (Å²) in [6.45, 7) is 4.10. The van der Waals surface area contributed by atoms with Gasteiger partial charge in [-0.2, -0.15) is 0 Å². The van der Waals surface area contributed by atoms with Crippen molar-refractivity contribution in [3.63, 3.8) is 0 Å². The van der Waals surface area contributed by atoms with Crippen LogP contribution in [-0.2, 0) is 0 Å². The van der Waals surface area contributed by atoms with E-state index in [-0.39, 0.29) is 17.9 Å². The van der Waals surface area contributed by atoms with Gasteiger partial charge in [0, 0.05) is 29.0 Å². The van der Waals surface area contributed by atoms with E-state index in [0.29, 0.717) is 5.11 Å². The molecule has 4 aromatic rings. The van der Waals surface area contributed by atoms with Crippen LogP contribution in [0.2, 0.25) is 0 Å². The fraction of sp³-hybridized carbons (Fsp3) is 0.185. The Labute approximate surface area is 203 Å². The van der Waals surface area contributed by atoms with Crippen LogP contribution in [0.5, 0.6) is 5.75 Å². The van der Waals surface area contributed by atoms with Gasteiger partial charge in [0.15, 0.2) is 5.11 Å². The zero-order valence-electron chi connectivity index (χ0n) is 19.2. The Balaban J connectivity index is 1.67. The van der Waals surface area contributed by atoms with Crippen LogP contribution in [0.4, 0.5) is 10.1 Å². The number of nitrogens with zero attached hydrogens (tertiary/aromatic N) is 3. The summed E-state index contributed by atoms with van der Waals surface area (Å²) in [6.07, 6.45) is 1.79. The molecule has 0 amide bonds. The highest BCUT2D eigenvalue weighted by atomic mass is 32.1. The van der Waals surface area contributed by atoms with Crippen molar-refractivity contribution in [3.8, 4) is 11.4 Å². The molecule has 2 atom stereocenters. The van der Waals surface area contributed by atoms with Crippen molar-refractivity contribution >= 4 is 23.0 Å². The van der Waals surface area contributed by atoms with E-state index in [1.54, 1.807) is 25.4 Å². The number of anilines is 1. The molecule has 0 spiro atoms. The number of methoxy groups -OCH3 is 1. The first-order valence-electron chi connectivity index (χ1n) is 11.1. The number of hydrogen-bond acceptors (Lipinski definition) is 3. The van der Waals surface area contributed by atoms with Gasteiger partial charge in [0.25, 0.3) is 0 Å². The Morgan fingerprint density at radius 1 is 0.971 bits per heavy atom. The van der Waals surface area contributed by atoms with Crippen LogP contribution in [0.1, 0.15) is 34.7 Å². The number of aryl methyl sites for hydroxylation is 1. The zero-order valence-corrected chi connectivity index (χ0v) is 20.0. The predicted molar refractivity (Wildman–Crippen MR) is 136 cm³/mol. The second-order valence-corrected chi connectivity index (χ2v) is 8.72. The molecule has 5 rings (SSSR count). The first-order valence-corrected chi connectivity index (χ1v) is 11.5. The molecule has 172 valence electrons. The summed E-state index contributed by atoms with van der Waals surface area (Å²) >= 11 is 5.83. The van der Waals surface area contributed by atoms with Crippen molar-refractivity contribution in [1.82, 2.24) is 14.9 Å². The molecule has 0 bridgehead atoms. The number of benzene rings is 2. The lowest BCUT2D eigenvalue weighted by Gasteiger charge is -2.28. The first kappa shape index (κ1) is 22.1. The molecule has 2 unspecified atom stereocenters. The molecule has 2 aromatic heterocycles. The Morgan fingerprint density at radius 3 is 2.44 bits per heavy atom. The number of ether oxygens (including phenoxy) is 1. The standard InChI is InChI=1S/C27H25FN4OS/c1-17-15-23(18(2)31(17)21-8-6-7-19(28)16-21)26-25(24-9-4-5-14-29-24)30-27(34)32(26)20-10-12-22(33-3)13-11-20/h4-16,25-26H,1-3H3,(H,30,34). The quantitative estimate of drug-likeness (QED) is 0.371. The molecular formula is C27H25FN4OS. The third kappa shape index (κ3) is 3.82. The topological polar surface area (TPSA) is 42.3 Å². The van der Waals surface area contributed by atoms with Gasteiger partial charge in [-0.1, -0.05) is 12.1 Å². The summed E-state index contributed by atoms with van der Waals surface area (Å²) in [5, 5.41) is 4.12. The van der Waals surface area contributed by atoms with E-state index in [4.69, 9.17) is 17.0 Å². The molecule has 1 saturated heterocycles. The van der Waals surface area contributed by atoms with Crippen LogP contribution in [0.25, 0.3) is 5.69 Å². The van der Waals surface area contributed by atoms with Crippen molar-refractivity contribution in [3.05, 3.63) is 107 Å². The fourth-order valence-corrected chi connectivity index (χ4v) is 5.14. The van der Waals surface area contributed by atoms with Crippen LogP contribution < -0.4 is 15.0 Å². The molecule has 34 heavy (non-hydrogen) atoms. The Morgan fingerprint density at radius 2 is 1.76 bits per heavy atom. The van der Waals surface area contributed by atoms with Crippen molar-refractivity contribution in [2.45, 2.75) is 25.9 Å². The van der Waals surface area contributed by atoms with E-state index in [1.807, 2.05) is 55.5 Å². The van der Waals surface area contributed by atoms with E-state index in [9.17, 15) is 4.39 Å². The lowest BCUT2D eigenvalue weighted by atomic mass is 9.96. The number of halogens is 1. The van der Waals surface area contributed by atoms with Gasteiger partial charge in [0.05, 0.1) is 24.9 Å². The van der Waals surface area contributed by atoms with Gasteiger partial charge >= 0.3 is 0 Å². The zero-order chi connectivity index (χ0) is 23.8. The number of thiocarbonyl (C=S) groups is 1. The molecule has 7 heteroatoms. The van der Waals surface area contributed by atoms with Crippen molar-refractivity contribution < 1.29 is 9.13 Å². The van der Waals surface area contributed by atoms with Gasteiger partial charge in [-0.15, -0.1) is 0 Å². The minimum atomic E-state index is -0.263. The molecule has 5 nitrogen and oxygen atoms in total. The summed E-state index contributed by atoms with van der Waals surface area (Å²) in [7, 11) is 1.65. The van der Waals surface area contributed by atoms with Crippen molar-refractivity contribution in [1.29, 1.82) is 0 Å². The summed E-state index contributed by atoms with van der Waals surface area (Å²) in [5.41, 5.74) is 5.80. The van der Waals surface area contributed by atoms with Crippen LogP contribution in [-0.4, -0.2) is 21.8 Å².